The molecule has 2 aromatic carbocycles. The van der Waals surface area contributed by atoms with Crippen LogP contribution in [-0.2, 0) is 12.8 Å². The largest absolute Gasteiger partial charge is 0.492 e. The summed E-state index contributed by atoms with van der Waals surface area (Å²) in [6.45, 7) is 17.3. The van der Waals surface area contributed by atoms with Gasteiger partial charge < -0.3 is 9.47 Å². The van der Waals surface area contributed by atoms with Crippen molar-refractivity contribution >= 4 is 0 Å². The second-order valence-electron chi connectivity index (χ2n) is 10.4. The minimum Gasteiger partial charge on any atom is -0.492 e. The molecular weight excluding hydrogens is 420 g/mol. The average Bonchev–Trinajstić information content (AvgIpc) is 3.50. The van der Waals surface area contributed by atoms with Gasteiger partial charge in [-0.2, -0.15) is 0 Å². The molecule has 0 radical (unpaired) electrons. The summed E-state index contributed by atoms with van der Waals surface area (Å²) in [6, 6.07) is 9.25. The molecule has 0 N–H and O–H groups in total. The number of hydrogen-bond donors (Lipinski definition) is 0. The molecule has 4 nitrogen and oxygen atoms in total. The molecule has 2 saturated heterocycles. The number of ether oxygens (including phenoxy) is 2. The van der Waals surface area contributed by atoms with E-state index >= 15 is 0 Å². The van der Waals surface area contributed by atoms with Crippen LogP contribution in [0.3, 0.4) is 0 Å². The highest BCUT2D eigenvalue weighted by Crippen LogP contribution is 2.28. The van der Waals surface area contributed by atoms with E-state index < -0.39 is 0 Å². The zero-order valence-corrected chi connectivity index (χ0v) is 21.9. The van der Waals surface area contributed by atoms with E-state index in [1.54, 1.807) is 0 Å². The minimum atomic E-state index is 0.784. The van der Waals surface area contributed by atoms with Crippen LogP contribution in [0.5, 0.6) is 11.5 Å². The lowest BCUT2D eigenvalue weighted by Crippen LogP contribution is -2.25. The molecule has 2 aromatic rings. The van der Waals surface area contributed by atoms with Crippen LogP contribution in [0.15, 0.2) is 24.3 Å². The molecule has 2 aliphatic heterocycles. The fourth-order valence-corrected chi connectivity index (χ4v) is 5.68. The summed E-state index contributed by atoms with van der Waals surface area (Å²) in [6.07, 6.45) is 7.43. The molecule has 0 spiro atoms. The molecule has 0 bridgehead atoms. The second kappa shape index (κ2) is 12.1. The van der Waals surface area contributed by atoms with Gasteiger partial charge in [-0.1, -0.05) is 24.3 Å². The lowest BCUT2D eigenvalue weighted by Gasteiger charge is -2.18. The van der Waals surface area contributed by atoms with Gasteiger partial charge in [-0.3, -0.25) is 9.80 Å². The predicted octanol–water partition coefficient (Wildman–Crippen LogP) is 5.65. The van der Waals surface area contributed by atoms with Gasteiger partial charge in [-0.15, -0.1) is 0 Å². The smallest absolute Gasteiger partial charge is 0.125 e. The minimum absolute atomic E-state index is 0.784. The first-order valence-electron chi connectivity index (χ1n) is 13.4. The van der Waals surface area contributed by atoms with Crippen LogP contribution >= 0.6 is 0 Å². The van der Waals surface area contributed by atoms with Gasteiger partial charge in [-0.05, 0) is 126 Å². The number of aryl methyl sites for hydroxylation is 6. The number of rotatable bonds is 11. The molecule has 2 heterocycles. The van der Waals surface area contributed by atoms with Crippen molar-refractivity contribution in [3.05, 3.63) is 57.6 Å². The van der Waals surface area contributed by atoms with Crippen LogP contribution in [0.2, 0.25) is 0 Å². The monoisotopic (exact) mass is 464 g/mol. The molecule has 0 aliphatic carbocycles. The van der Waals surface area contributed by atoms with Gasteiger partial charge in [0, 0.05) is 13.1 Å². The molecule has 2 aliphatic rings. The van der Waals surface area contributed by atoms with E-state index in [9.17, 15) is 0 Å². The first kappa shape index (κ1) is 25.1. The van der Waals surface area contributed by atoms with Gasteiger partial charge in [0.1, 0.15) is 24.7 Å². The van der Waals surface area contributed by atoms with E-state index in [1.165, 1.54) is 85.2 Å². The van der Waals surface area contributed by atoms with Gasteiger partial charge in [-0.25, -0.2) is 0 Å². The Labute approximate surface area is 207 Å². The molecule has 0 atom stereocenters. The van der Waals surface area contributed by atoms with Crippen molar-refractivity contribution in [3.63, 3.8) is 0 Å². The summed E-state index contributed by atoms with van der Waals surface area (Å²) in [5.74, 6) is 2.15. The summed E-state index contributed by atoms with van der Waals surface area (Å²) in [5.41, 5.74) is 7.80. The lowest BCUT2D eigenvalue weighted by molar-refractivity contribution is 0.236. The van der Waals surface area contributed by atoms with Crippen LogP contribution in [0.25, 0.3) is 0 Å². The van der Waals surface area contributed by atoms with Crippen LogP contribution < -0.4 is 9.47 Å². The summed E-state index contributed by atoms with van der Waals surface area (Å²) >= 11 is 0. The molecule has 2 fully saturated rings. The molecule has 0 amide bonds. The third kappa shape index (κ3) is 6.76. The van der Waals surface area contributed by atoms with E-state index in [0.717, 1.165) is 50.6 Å². The third-order valence-electron chi connectivity index (χ3n) is 7.45. The molecule has 0 unspecified atom stereocenters. The normalized spacial score (nSPS) is 16.9. The average molecular weight is 465 g/mol. The Hall–Kier alpha value is -2.04. The standard InChI is InChI=1S/C30H44N2O2/c1-23-19-27(20-24(2)29(23)33-17-15-31-11-5-6-12-31)9-10-28-21-25(3)30(26(4)22-28)34-18-16-32-13-7-8-14-32/h19-22H,5-18H2,1-4H3. The first-order valence-corrected chi connectivity index (χ1v) is 13.4. The summed E-state index contributed by atoms with van der Waals surface area (Å²) in [4.78, 5) is 5.01. The lowest BCUT2D eigenvalue weighted by atomic mass is 9.97. The molecule has 4 heteroatoms. The fraction of sp³-hybridized carbons (Fsp3) is 0.600. The quantitative estimate of drug-likeness (QED) is 0.429. The molecule has 4 rings (SSSR count). The maximum Gasteiger partial charge on any atom is 0.125 e. The SMILES string of the molecule is Cc1cc(CCc2cc(C)c(OCCN3CCCC3)c(C)c2)cc(C)c1OCCN1CCCC1. The van der Waals surface area contributed by atoms with Crippen molar-refractivity contribution in [3.8, 4) is 11.5 Å². The Balaban J connectivity index is 1.29. The first-order chi connectivity index (χ1) is 16.5. The van der Waals surface area contributed by atoms with Crippen molar-refractivity contribution in [1.82, 2.24) is 9.80 Å². The number of likely N-dealkylation sites (tertiary alicyclic amines) is 2. The van der Waals surface area contributed by atoms with E-state index in [2.05, 4.69) is 61.8 Å². The Morgan fingerprint density at radius 3 is 1.21 bits per heavy atom. The van der Waals surface area contributed by atoms with Crippen LogP contribution in [-0.4, -0.2) is 62.3 Å². The topological polar surface area (TPSA) is 24.9 Å². The van der Waals surface area contributed by atoms with E-state index in [-0.39, 0.29) is 0 Å². The highest BCUT2D eigenvalue weighted by molar-refractivity contribution is 5.45. The molecule has 0 aromatic heterocycles. The summed E-state index contributed by atoms with van der Waals surface area (Å²) < 4.78 is 12.4. The second-order valence-corrected chi connectivity index (χ2v) is 10.4. The number of benzene rings is 2. The Morgan fingerprint density at radius 1 is 0.559 bits per heavy atom. The van der Waals surface area contributed by atoms with Crippen LogP contribution in [0, 0.1) is 27.7 Å². The Kier molecular flexibility index (Phi) is 8.91. The summed E-state index contributed by atoms with van der Waals surface area (Å²) in [5, 5.41) is 0. The van der Waals surface area contributed by atoms with Crippen molar-refractivity contribution in [2.75, 3.05) is 52.5 Å². The van der Waals surface area contributed by atoms with E-state index in [4.69, 9.17) is 9.47 Å². The fourth-order valence-electron chi connectivity index (χ4n) is 5.68. The third-order valence-corrected chi connectivity index (χ3v) is 7.45. The highest BCUT2D eigenvalue weighted by atomic mass is 16.5. The van der Waals surface area contributed by atoms with Crippen molar-refractivity contribution < 1.29 is 9.47 Å². The van der Waals surface area contributed by atoms with Crippen LogP contribution in [0.1, 0.15) is 59.1 Å². The van der Waals surface area contributed by atoms with Crippen molar-refractivity contribution in [1.29, 1.82) is 0 Å². The zero-order chi connectivity index (χ0) is 23.9. The Bertz CT molecular complexity index is 819. The van der Waals surface area contributed by atoms with Crippen LogP contribution in [0.4, 0.5) is 0 Å². The maximum atomic E-state index is 6.20. The number of nitrogens with zero attached hydrogens (tertiary/aromatic N) is 2. The number of hydrogen-bond acceptors (Lipinski definition) is 4. The van der Waals surface area contributed by atoms with Gasteiger partial charge in [0.05, 0.1) is 0 Å². The predicted molar refractivity (Wildman–Crippen MR) is 142 cm³/mol. The van der Waals surface area contributed by atoms with Gasteiger partial charge in [0.15, 0.2) is 0 Å². The molecule has 186 valence electrons. The summed E-state index contributed by atoms with van der Waals surface area (Å²) in [7, 11) is 0. The van der Waals surface area contributed by atoms with Gasteiger partial charge in [0.25, 0.3) is 0 Å². The molecule has 0 saturated carbocycles. The molecular formula is C30H44N2O2. The van der Waals surface area contributed by atoms with E-state index in [0.29, 0.717) is 0 Å². The molecule has 34 heavy (non-hydrogen) atoms. The highest BCUT2D eigenvalue weighted by Gasteiger charge is 2.14. The van der Waals surface area contributed by atoms with Crippen molar-refractivity contribution in [2.45, 2.75) is 66.2 Å². The van der Waals surface area contributed by atoms with E-state index in [1.807, 2.05) is 0 Å². The van der Waals surface area contributed by atoms with Gasteiger partial charge in [0.2, 0.25) is 0 Å². The van der Waals surface area contributed by atoms with Crippen molar-refractivity contribution in [2.24, 2.45) is 0 Å². The Morgan fingerprint density at radius 2 is 0.882 bits per heavy atom. The maximum absolute atomic E-state index is 6.20. The zero-order valence-electron chi connectivity index (χ0n) is 21.9. The van der Waals surface area contributed by atoms with Gasteiger partial charge >= 0.3 is 0 Å².